The first kappa shape index (κ1) is 25.8. The third-order valence-electron chi connectivity index (χ3n) is 6.23. The molecule has 1 N–H and O–H groups in total. The fourth-order valence-corrected chi connectivity index (χ4v) is 4.24. The fourth-order valence-electron chi connectivity index (χ4n) is 4.24. The molecule has 1 amide bonds. The third kappa shape index (κ3) is 6.91. The molecule has 3 aromatic carbocycles. The molecule has 3 aromatic rings. The highest BCUT2D eigenvalue weighted by atomic mass is 16.5. The van der Waals surface area contributed by atoms with Crippen LogP contribution < -0.4 is 24.4 Å². The maximum absolute atomic E-state index is 12.7. The molecule has 4 rings (SSSR count). The number of benzene rings is 3. The Labute approximate surface area is 217 Å². The number of hydrogen-bond acceptors (Lipinski definition) is 6. The molecule has 0 atom stereocenters. The molecule has 0 spiro atoms. The van der Waals surface area contributed by atoms with Crippen molar-refractivity contribution >= 4 is 29.1 Å². The van der Waals surface area contributed by atoms with E-state index in [1.807, 2.05) is 36.4 Å². The molecule has 0 aliphatic carbocycles. The zero-order valence-corrected chi connectivity index (χ0v) is 21.2. The lowest BCUT2D eigenvalue weighted by Gasteiger charge is -2.28. The van der Waals surface area contributed by atoms with E-state index in [0.29, 0.717) is 28.5 Å². The molecule has 192 valence electrons. The number of nitrogens with one attached hydrogen (secondary N) is 1. The van der Waals surface area contributed by atoms with Crippen LogP contribution in [0.1, 0.15) is 35.2 Å². The van der Waals surface area contributed by atoms with Crippen molar-refractivity contribution in [1.82, 2.24) is 0 Å². The SMILES string of the molecule is COc1ccccc1NC(=O)COc1ccc(/C=C/C(=O)c2ccc(N3CCCCC3)cc2)cc1OC. The van der Waals surface area contributed by atoms with Crippen molar-refractivity contribution in [2.45, 2.75) is 19.3 Å². The van der Waals surface area contributed by atoms with Crippen LogP contribution in [0, 0.1) is 0 Å². The molecule has 37 heavy (non-hydrogen) atoms. The number of methoxy groups -OCH3 is 2. The van der Waals surface area contributed by atoms with Crippen molar-refractivity contribution in [3.8, 4) is 17.2 Å². The zero-order valence-electron chi connectivity index (χ0n) is 21.2. The molecule has 1 saturated heterocycles. The van der Waals surface area contributed by atoms with Gasteiger partial charge in [0.2, 0.25) is 0 Å². The molecular formula is C30H32N2O5. The molecule has 0 radical (unpaired) electrons. The number of piperidine rings is 1. The van der Waals surface area contributed by atoms with E-state index < -0.39 is 0 Å². The molecular weight excluding hydrogens is 468 g/mol. The maximum atomic E-state index is 12.7. The van der Waals surface area contributed by atoms with Gasteiger partial charge in [-0.25, -0.2) is 0 Å². The van der Waals surface area contributed by atoms with Gasteiger partial charge in [0.15, 0.2) is 23.9 Å². The monoisotopic (exact) mass is 500 g/mol. The highest BCUT2D eigenvalue weighted by Gasteiger charge is 2.13. The van der Waals surface area contributed by atoms with Crippen LogP contribution >= 0.6 is 0 Å². The standard InChI is InChI=1S/C30H32N2O5/c1-35-27-9-5-4-8-25(27)31-30(34)21-37-28-17-11-22(20-29(28)36-2)10-16-26(33)23-12-14-24(15-13-23)32-18-6-3-7-19-32/h4-5,8-17,20H,3,6-7,18-19,21H2,1-2H3,(H,31,34)/b16-10+. The minimum Gasteiger partial charge on any atom is -0.495 e. The van der Waals surface area contributed by atoms with Crippen LogP contribution in [0.5, 0.6) is 17.2 Å². The number of amides is 1. The number of anilines is 2. The van der Waals surface area contributed by atoms with Crippen LogP contribution in [-0.4, -0.2) is 45.6 Å². The number of nitrogens with zero attached hydrogens (tertiary/aromatic N) is 1. The summed E-state index contributed by atoms with van der Waals surface area (Å²) >= 11 is 0. The van der Waals surface area contributed by atoms with Crippen LogP contribution in [-0.2, 0) is 4.79 Å². The first-order chi connectivity index (χ1) is 18.1. The summed E-state index contributed by atoms with van der Waals surface area (Å²) in [6.45, 7) is 1.94. The maximum Gasteiger partial charge on any atom is 0.262 e. The average Bonchev–Trinajstić information content (AvgIpc) is 2.95. The summed E-state index contributed by atoms with van der Waals surface area (Å²) in [6, 6.07) is 20.2. The van der Waals surface area contributed by atoms with Gasteiger partial charge < -0.3 is 24.4 Å². The predicted octanol–water partition coefficient (Wildman–Crippen LogP) is 5.61. The number of ketones is 1. The highest BCUT2D eigenvalue weighted by Crippen LogP contribution is 2.29. The van der Waals surface area contributed by atoms with Crippen molar-refractivity contribution < 1.29 is 23.8 Å². The third-order valence-corrected chi connectivity index (χ3v) is 6.23. The first-order valence-corrected chi connectivity index (χ1v) is 12.4. The van der Waals surface area contributed by atoms with Gasteiger partial charge >= 0.3 is 0 Å². The smallest absolute Gasteiger partial charge is 0.262 e. The number of para-hydroxylation sites is 2. The van der Waals surface area contributed by atoms with E-state index in [-0.39, 0.29) is 18.3 Å². The summed E-state index contributed by atoms with van der Waals surface area (Å²) in [5.41, 5.74) is 3.15. The summed E-state index contributed by atoms with van der Waals surface area (Å²) in [4.78, 5) is 27.4. The van der Waals surface area contributed by atoms with Gasteiger partial charge in [0.1, 0.15) is 5.75 Å². The minimum absolute atomic E-state index is 0.0718. The second-order valence-corrected chi connectivity index (χ2v) is 8.74. The van der Waals surface area contributed by atoms with Crippen molar-refractivity contribution in [2.75, 3.05) is 44.1 Å². The summed E-state index contributed by atoms with van der Waals surface area (Å²) in [7, 11) is 3.07. The molecule has 7 nitrogen and oxygen atoms in total. The highest BCUT2D eigenvalue weighted by molar-refractivity contribution is 6.07. The number of carbonyl (C=O) groups excluding carboxylic acids is 2. The van der Waals surface area contributed by atoms with E-state index in [9.17, 15) is 9.59 Å². The van der Waals surface area contributed by atoms with Gasteiger partial charge in [0, 0.05) is 24.3 Å². The second kappa shape index (κ2) is 12.6. The number of hydrogen-bond donors (Lipinski definition) is 1. The normalized spacial score (nSPS) is 13.3. The quantitative estimate of drug-likeness (QED) is 0.288. The van der Waals surface area contributed by atoms with E-state index in [1.165, 1.54) is 26.4 Å². The Morgan fingerprint density at radius 2 is 1.59 bits per heavy atom. The van der Waals surface area contributed by atoms with E-state index in [2.05, 4.69) is 10.2 Å². The average molecular weight is 501 g/mol. The zero-order chi connectivity index (χ0) is 26.0. The van der Waals surface area contributed by atoms with E-state index in [4.69, 9.17) is 14.2 Å². The Morgan fingerprint density at radius 1 is 0.865 bits per heavy atom. The first-order valence-electron chi connectivity index (χ1n) is 12.4. The Balaban J connectivity index is 1.34. The van der Waals surface area contributed by atoms with Crippen LogP contribution in [0.3, 0.4) is 0 Å². The summed E-state index contributed by atoms with van der Waals surface area (Å²) in [5.74, 6) is 1.06. The molecule has 1 aliphatic rings. The topological polar surface area (TPSA) is 77.1 Å². The van der Waals surface area contributed by atoms with Gasteiger partial charge in [0.05, 0.1) is 19.9 Å². The Kier molecular flexibility index (Phi) is 8.81. The van der Waals surface area contributed by atoms with Gasteiger partial charge in [-0.15, -0.1) is 0 Å². The van der Waals surface area contributed by atoms with Crippen LogP contribution in [0.15, 0.2) is 72.8 Å². The number of ether oxygens (including phenoxy) is 3. The molecule has 1 fully saturated rings. The molecule has 0 saturated carbocycles. The number of carbonyl (C=O) groups is 2. The van der Waals surface area contributed by atoms with Gasteiger partial charge in [-0.1, -0.05) is 24.3 Å². The Bertz CT molecular complexity index is 1250. The summed E-state index contributed by atoms with van der Waals surface area (Å²) < 4.78 is 16.4. The second-order valence-electron chi connectivity index (χ2n) is 8.74. The van der Waals surface area contributed by atoms with Gasteiger partial charge in [-0.2, -0.15) is 0 Å². The largest absolute Gasteiger partial charge is 0.495 e. The fraction of sp³-hybridized carbons (Fsp3) is 0.267. The van der Waals surface area contributed by atoms with Crippen molar-refractivity contribution in [1.29, 1.82) is 0 Å². The Hall–Kier alpha value is -4.26. The lowest BCUT2D eigenvalue weighted by Crippen LogP contribution is -2.29. The van der Waals surface area contributed by atoms with Crippen molar-refractivity contribution in [2.24, 2.45) is 0 Å². The van der Waals surface area contributed by atoms with Crippen LogP contribution in [0.4, 0.5) is 11.4 Å². The van der Waals surface area contributed by atoms with E-state index in [0.717, 1.165) is 24.3 Å². The van der Waals surface area contributed by atoms with Gasteiger partial charge in [0.25, 0.3) is 5.91 Å². The molecule has 1 heterocycles. The molecule has 0 bridgehead atoms. The molecule has 7 heteroatoms. The lowest BCUT2D eigenvalue weighted by atomic mass is 10.1. The molecule has 0 aromatic heterocycles. The van der Waals surface area contributed by atoms with Crippen LogP contribution in [0.2, 0.25) is 0 Å². The van der Waals surface area contributed by atoms with Crippen molar-refractivity contribution in [3.63, 3.8) is 0 Å². The van der Waals surface area contributed by atoms with Gasteiger partial charge in [-0.05, 0) is 79.4 Å². The minimum atomic E-state index is -0.326. The number of rotatable bonds is 10. The lowest BCUT2D eigenvalue weighted by molar-refractivity contribution is -0.118. The Morgan fingerprint density at radius 3 is 2.32 bits per heavy atom. The van der Waals surface area contributed by atoms with Crippen molar-refractivity contribution in [3.05, 3.63) is 83.9 Å². The molecule has 0 unspecified atom stereocenters. The van der Waals surface area contributed by atoms with E-state index >= 15 is 0 Å². The predicted molar refractivity (Wildman–Crippen MR) is 146 cm³/mol. The number of allylic oxidation sites excluding steroid dienone is 1. The van der Waals surface area contributed by atoms with Gasteiger partial charge in [-0.3, -0.25) is 9.59 Å². The van der Waals surface area contributed by atoms with E-state index in [1.54, 1.807) is 49.6 Å². The van der Waals surface area contributed by atoms with Crippen LogP contribution in [0.25, 0.3) is 6.08 Å². The summed E-state index contributed by atoms with van der Waals surface area (Å²) in [6.07, 6.45) is 7.00. The molecule has 1 aliphatic heterocycles. The summed E-state index contributed by atoms with van der Waals surface area (Å²) in [5, 5.41) is 2.77.